The van der Waals surface area contributed by atoms with E-state index in [0.29, 0.717) is 10.2 Å². The van der Waals surface area contributed by atoms with E-state index in [-0.39, 0.29) is 16.3 Å². The zero-order chi connectivity index (χ0) is 17.3. The van der Waals surface area contributed by atoms with Crippen LogP contribution in [0.25, 0.3) is 10.2 Å². The number of aromatic nitrogens is 1. The molecular formula is C17H10F2N2O2S. The molecule has 1 atom stereocenters. The quantitative estimate of drug-likeness (QED) is 0.669. The summed E-state index contributed by atoms with van der Waals surface area (Å²) in [5.41, 5.74) is 0.532. The monoisotopic (exact) mass is 344 g/mol. The lowest BCUT2D eigenvalue weighted by molar-refractivity contribution is 0.0978. The van der Waals surface area contributed by atoms with Crippen LogP contribution in [-0.4, -0.2) is 17.9 Å². The van der Waals surface area contributed by atoms with Crippen LogP contribution < -0.4 is 4.74 Å². The van der Waals surface area contributed by atoms with Gasteiger partial charge in [-0.15, -0.1) is 11.3 Å². The molecule has 1 heterocycles. The lowest BCUT2D eigenvalue weighted by Crippen LogP contribution is -2.11. The molecule has 7 heteroatoms. The molecule has 4 nitrogen and oxygen atoms in total. The molecule has 3 rings (SSSR count). The Labute approximate surface area is 139 Å². The molecule has 0 aliphatic rings. The standard InChI is InChI=1S/C17H10F2N2O2S/c1-23-14-6-9(2-4-12(14)19)16(22)11(8-20)17-21-13-7-10(18)3-5-15(13)24-17/h2-7,11H,1H3/t11-/m1/s1. The normalized spacial score (nSPS) is 11.9. The molecular weight excluding hydrogens is 334 g/mol. The minimum Gasteiger partial charge on any atom is -0.494 e. The van der Waals surface area contributed by atoms with Crippen molar-refractivity contribution < 1.29 is 18.3 Å². The number of ketones is 1. The molecule has 0 aliphatic carbocycles. The number of methoxy groups -OCH3 is 1. The van der Waals surface area contributed by atoms with E-state index in [1.54, 1.807) is 6.07 Å². The fourth-order valence-corrected chi connectivity index (χ4v) is 3.24. The molecule has 1 aromatic heterocycles. The van der Waals surface area contributed by atoms with Gasteiger partial charge in [-0.05, 0) is 30.3 Å². The van der Waals surface area contributed by atoms with Crippen LogP contribution in [0, 0.1) is 23.0 Å². The van der Waals surface area contributed by atoms with Crippen molar-refractivity contribution in [2.45, 2.75) is 5.92 Å². The minimum absolute atomic E-state index is 0.0797. The summed E-state index contributed by atoms with van der Waals surface area (Å²) in [4.78, 5) is 16.8. The zero-order valence-electron chi connectivity index (χ0n) is 12.4. The first-order valence-corrected chi connectivity index (χ1v) is 7.68. The first-order valence-electron chi connectivity index (χ1n) is 6.87. The third kappa shape index (κ3) is 2.84. The molecule has 24 heavy (non-hydrogen) atoms. The number of nitrogens with zero attached hydrogens (tertiary/aromatic N) is 2. The van der Waals surface area contributed by atoms with E-state index >= 15 is 0 Å². The van der Waals surface area contributed by atoms with Crippen molar-refractivity contribution >= 4 is 27.3 Å². The molecule has 2 aromatic carbocycles. The number of Topliss-reactive ketones (excluding diaryl/α,β-unsaturated/α-hetero) is 1. The van der Waals surface area contributed by atoms with Gasteiger partial charge in [-0.25, -0.2) is 13.8 Å². The van der Waals surface area contributed by atoms with Crippen molar-refractivity contribution in [3.05, 3.63) is 58.6 Å². The van der Waals surface area contributed by atoms with Crippen LogP contribution >= 0.6 is 11.3 Å². The van der Waals surface area contributed by atoms with Gasteiger partial charge in [0.1, 0.15) is 10.8 Å². The molecule has 0 fully saturated rings. The van der Waals surface area contributed by atoms with Crippen LogP contribution in [0.3, 0.4) is 0 Å². The maximum atomic E-state index is 13.5. The second kappa shape index (κ2) is 6.34. The number of rotatable bonds is 4. The summed E-state index contributed by atoms with van der Waals surface area (Å²) < 4.78 is 32.3. The molecule has 0 saturated carbocycles. The molecule has 0 aliphatic heterocycles. The van der Waals surface area contributed by atoms with Crippen molar-refractivity contribution in [1.82, 2.24) is 4.98 Å². The first-order chi connectivity index (χ1) is 11.5. The van der Waals surface area contributed by atoms with Crippen LogP contribution in [0.4, 0.5) is 8.78 Å². The van der Waals surface area contributed by atoms with E-state index in [1.807, 2.05) is 6.07 Å². The van der Waals surface area contributed by atoms with Crippen molar-refractivity contribution in [1.29, 1.82) is 5.26 Å². The van der Waals surface area contributed by atoms with Gasteiger partial charge < -0.3 is 4.74 Å². The van der Waals surface area contributed by atoms with Crippen LogP contribution in [0.15, 0.2) is 36.4 Å². The lowest BCUT2D eigenvalue weighted by atomic mass is 9.99. The Morgan fingerprint density at radius 1 is 1.29 bits per heavy atom. The largest absolute Gasteiger partial charge is 0.494 e. The van der Waals surface area contributed by atoms with Gasteiger partial charge in [0.25, 0.3) is 0 Å². The number of thiazole rings is 1. The van der Waals surface area contributed by atoms with Gasteiger partial charge in [-0.3, -0.25) is 4.79 Å². The Hall–Kier alpha value is -2.85. The highest BCUT2D eigenvalue weighted by Crippen LogP contribution is 2.31. The molecule has 0 saturated heterocycles. The first kappa shape index (κ1) is 16.0. The maximum Gasteiger partial charge on any atom is 0.187 e. The van der Waals surface area contributed by atoms with E-state index in [4.69, 9.17) is 4.74 Å². The molecule has 0 radical (unpaired) electrons. The van der Waals surface area contributed by atoms with Crippen LogP contribution in [0.2, 0.25) is 0 Å². The van der Waals surface area contributed by atoms with Crippen LogP contribution in [-0.2, 0) is 0 Å². The number of hydrogen-bond acceptors (Lipinski definition) is 5. The Kier molecular flexibility index (Phi) is 4.23. The molecule has 0 spiro atoms. The third-order valence-corrected chi connectivity index (χ3v) is 4.54. The number of ether oxygens (including phenoxy) is 1. The predicted octanol–water partition coefficient (Wildman–Crippen LogP) is 4.07. The number of benzene rings is 2. The van der Waals surface area contributed by atoms with Gasteiger partial charge in [0.05, 0.1) is 23.4 Å². The van der Waals surface area contributed by atoms with E-state index < -0.39 is 23.3 Å². The van der Waals surface area contributed by atoms with Crippen molar-refractivity contribution in [2.24, 2.45) is 0 Å². The second-order valence-electron chi connectivity index (χ2n) is 4.94. The number of carbonyl (C=O) groups excluding carboxylic acids is 1. The lowest BCUT2D eigenvalue weighted by Gasteiger charge is -2.07. The fraction of sp³-hybridized carbons (Fsp3) is 0.118. The van der Waals surface area contributed by atoms with Gasteiger partial charge in [0, 0.05) is 11.6 Å². The summed E-state index contributed by atoms with van der Waals surface area (Å²) >= 11 is 1.15. The molecule has 0 amide bonds. The van der Waals surface area contributed by atoms with Crippen LogP contribution in [0.1, 0.15) is 21.3 Å². The summed E-state index contributed by atoms with van der Waals surface area (Å²) in [5, 5.41) is 9.66. The van der Waals surface area contributed by atoms with Gasteiger partial charge >= 0.3 is 0 Å². The van der Waals surface area contributed by atoms with Gasteiger partial charge in [0.15, 0.2) is 23.3 Å². The smallest absolute Gasteiger partial charge is 0.187 e. The van der Waals surface area contributed by atoms with E-state index in [2.05, 4.69) is 4.98 Å². The molecule has 0 unspecified atom stereocenters. The van der Waals surface area contributed by atoms with Crippen molar-refractivity contribution in [3.8, 4) is 11.8 Å². The summed E-state index contributed by atoms with van der Waals surface area (Å²) in [6.45, 7) is 0. The summed E-state index contributed by atoms with van der Waals surface area (Å²) in [7, 11) is 1.29. The zero-order valence-corrected chi connectivity index (χ0v) is 13.2. The topological polar surface area (TPSA) is 63.0 Å². The Morgan fingerprint density at radius 2 is 2.08 bits per heavy atom. The number of hydrogen-bond donors (Lipinski definition) is 0. The SMILES string of the molecule is COc1cc(C(=O)[C@@H](C#N)c2nc3cc(F)ccc3s2)ccc1F. The van der Waals surface area contributed by atoms with Crippen molar-refractivity contribution in [3.63, 3.8) is 0 Å². The molecule has 0 N–H and O–H groups in total. The molecule has 0 bridgehead atoms. The predicted molar refractivity (Wildman–Crippen MR) is 85.2 cm³/mol. The summed E-state index contributed by atoms with van der Waals surface area (Å²) in [6, 6.07) is 9.64. The van der Waals surface area contributed by atoms with E-state index in [1.165, 1.54) is 31.4 Å². The number of halogens is 2. The second-order valence-corrected chi connectivity index (χ2v) is 6.00. The molecule has 3 aromatic rings. The minimum atomic E-state index is -1.15. The average molecular weight is 344 g/mol. The van der Waals surface area contributed by atoms with Gasteiger partial charge in [-0.1, -0.05) is 0 Å². The van der Waals surface area contributed by atoms with E-state index in [9.17, 15) is 18.8 Å². The number of fused-ring (bicyclic) bond motifs is 1. The average Bonchev–Trinajstić information content (AvgIpc) is 2.98. The van der Waals surface area contributed by atoms with Crippen molar-refractivity contribution in [2.75, 3.05) is 7.11 Å². The van der Waals surface area contributed by atoms with E-state index in [0.717, 1.165) is 17.4 Å². The maximum absolute atomic E-state index is 13.5. The highest BCUT2D eigenvalue weighted by molar-refractivity contribution is 7.18. The van der Waals surface area contributed by atoms with Gasteiger partial charge in [-0.2, -0.15) is 5.26 Å². The Bertz CT molecular complexity index is 978. The van der Waals surface area contributed by atoms with Crippen LogP contribution in [0.5, 0.6) is 5.75 Å². The number of carbonyl (C=O) groups is 1. The fourth-order valence-electron chi connectivity index (χ4n) is 2.25. The van der Waals surface area contributed by atoms with Gasteiger partial charge in [0.2, 0.25) is 0 Å². The Morgan fingerprint density at radius 3 is 2.79 bits per heavy atom. The highest BCUT2D eigenvalue weighted by atomic mass is 32.1. The summed E-state index contributed by atoms with van der Waals surface area (Å²) in [5.74, 6) is -2.79. The summed E-state index contributed by atoms with van der Waals surface area (Å²) in [6.07, 6.45) is 0. The third-order valence-electron chi connectivity index (χ3n) is 3.44. The Balaban J connectivity index is 2.01. The number of nitriles is 1. The molecule has 120 valence electrons. The highest BCUT2D eigenvalue weighted by Gasteiger charge is 2.26.